The van der Waals surface area contributed by atoms with Crippen molar-refractivity contribution in [2.24, 2.45) is 0 Å². The number of benzene rings is 3. The highest BCUT2D eigenvalue weighted by Gasteiger charge is 2.35. The molecule has 34 heavy (non-hydrogen) atoms. The Kier molecular flexibility index (Phi) is 7.24. The maximum Gasteiger partial charge on any atom is 0.293 e. The molecule has 174 valence electrons. The second kappa shape index (κ2) is 10.3. The molecule has 0 bridgehead atoms. The van der Waals surface area contributed by atoms with Crippen molar-refractivity contribution in [3.05, 3.63) is 98.7 Å². The molecule has 5 nitrogen and oxygen atoms in total. The van der Waals surface area contributed by atoms with Crippen LogP contribution in [0.4, 0.5) is 9.18 Å². The predicted octanol–water partition coefficient (Wildman–Crippen LogP) is 6.61. The summed E-state index contributed by atoms with van der Waals surface area (Å²) < 4.78 is 24.5. The van der Waals surface area contributed by atoms with Gasteiger partial charge in [0.1, 0.15) is 12.4 Å². The molecule has 1 saturated heterocycles. The van der Waals surface area contributed by atoms with Crippen LogP contribution in [0.2, 0.25) is 5.02 Å². The monoisotopic (exact) mass is 497 g/mol. The maximum atomic E-state index is 13.1. The Morgan fingerprint density at radius 3 is 2.53 bits per heavy atom. The fourth-order valence-corrected chi connectivity index (χ4v) is 4.59. The lowest BCUT2D eigenvalue weighted by molar-refractivity contribution is -0.123. The zero-order valence-electron chi connectivity index (χ0n) is 18.5. The summed E-state index contributed by atoms with van der Waals surface area (Å²) in [6, 6.07) is 17.0. The number of thioether (sulfide) groups is 1. The number of amides is 2. The lowest BCUT2D eigenvalue weighted by Crippen LogP contribution is -2.27. The van der Waals surface area contributed by atoms with Gasteiger partial charge in [0.25, 0.3) is 11.1 Å². The molecule has 0 aliphatic carbocycles. The van der Waals surface area contributed by atoms with Crippen LogP contribution in [0.25, 0.3) is 6.08 Å². The summed E-state index contributed by atoms with van der Waals surface area (Å²) in [7, 11) is 1.51. The first-order valence-electron chi connectivity index (χ1n) is 10.4. The van der Waals surface area contributed by atoms with Crippen molar-refractivity contribution in [2.45, 2.75) is 20.1 Å². The van der Waals surface area contributed by atoms with E-state index in [1.807, 2.05) is 31.2 Å². The van der Waals surface area contributed by atoms with E-state index >= 15 is 0 Å². The Morgan fingerprint density at radius 2 is 1.82 bits per heavy atom. The molecule has 0 atom stereocenters. The highest BCUT2D eigenvalue weighted by Crippen LogP contribution is 2.39. The van der Waals surface area contributed by atoms with E-state index in [9.17, 15) is 14.0 Å². The number of ether oxygens (including phenoxy) is 2. The SMILES string of the molecule is COc1cc(/C=C2\SC(=O)N(Cc3ccc(F)cc3)C2=O)cc(Cl)c1OCc1cccc(C)c1. The molecular weight excluding hydrogens is 477 g/mol. The molecule has 1 aliphatic rings. The molecule has 0 N–H and O–H groups in total. The van der Waals surface area contributed by atoms with Crippen LogP contribution in [0.15, 0.2) is 65.6 Å². The van der Waals surface area contributed by atoms with Crippen LogP contribution >= 0.6 is 23.4 Å². The molecule has 1 heterocycles. The average molecular weight is 498 g/mol. The highest BCUT2D eigenvalue weighted by atomic mass is 35.5. The quantitative estimate of drug-likeness (QED) is 0.344. The minimum Gasteiger partial charge on any atom is -0.493 e. The molecule has 0 aromatic heterocycles. The zero-order valence-corrected chi connectivity index (χ0v) is 20.1. The Bertz CT molecular complexity index is 1280. The smallest absolute Gasteiger partial charge is 0.293 e. The third-order valence-corrected chi connectivity index (χ3v) is 6.33. The topological polar surface area (TPSA) is 55.8 Å². The minimum absolute atomic E-state index is 0.0676. The van der Waals surface area contributed by atoms with E-state index in [2.05, 4.69) is 0 Å². The lowest BCUT2D eigenvalue weighted by atomic mass is 10.1. The Hall–Kier alpha value is -3.29. The van der Waals surface area contributed by atoms with Crippen LogP contribution in [-0.2, 0) is 17.9 Å². The molecule has 3 aromatic rings. The maximum absolute atomic E-state index is 13.1. The van der Waals surface area contributed by atoms with Crippen LogP contribution in [-0.4, -0.2) is 23.2 Å². The summed E-state index contributed by atoms with van der Waals surface area (Å²) in [4.78, 5) is 26.7. The van der Waals surface area contributed by atoms with Gasteiger partial charge in [0.15, 0.2) is 11.5 Å². The van der Waals surface area contributed by atoms with Crippen molar-refractivity contribution in [1.29, 1.82) is 0 Å². The fourth-order valence-electron chi connectivity index (χ4n) is 3.48. The molecule has 3 aromatic carbocycles. The number of methoxy groups -OCH3 is 1. The van der Waals surface area contributed by atoms with Crippen molar-refractivity contribution in [3.63, 3.8) is 0 Å². The minimum atomic E-state index is -0.422. The third kappa shape index (κ3) is 5.43. The van der Waals surface area contributed by atoms with Gasteiger partial charge in [-0.2, -0.15) is 0 Å². The van der Waals surface area contributed by atoms with Gasteiger partial charge in [-0.25, -0.2) is 4.39 Å². The molecular formula is C26H21ClFNO4S. The van der Waals surface area contributed by atoms with E-state index in [1.54, 1.807) is 30.3 Å². The molecule has 0 unspecified atom stereocenters. The number of aryl methyl sites for hydroxylation is 1. The summed E-state index contributed by atoms with van der Waals surface area (Å²) in [5, 5.41) is -0.0689. The van der Waals surface area contributed by atoms with E-state index in [0.717, 1.165) is 27.8 Å². The van der Waals surface area contributed by atoms with E-state index in [0.29, 0.717) is 34.3 Å². The molecule has 0 radical (unpaired) electrons. The van der Waals surface area contributed by atoms with Crippen LogP contribution in [0, 0.1) is 12.7 Å². The summed E-state index contributed by atoms with van der Waals surface area (Å²) >= 11 is 7.32. The first-order chi connectivity index (χ1) is 16.3. The van der Waals surface area contributed by atoms with Gasteiger partial charge in [-0.05, 0) is 65.7 Å². The third-order valence-electron chi connectivity index (χ3n) is 5.14. The van der Waals surface area contributed by atoms with E-state index in [-0.39, 0.29) is 17.3 Å². The fraction of sp³-hybridized carbons (Fsp3) is 0.154. The highest BCUT2D eigenvalue weighted by molar-refractivity contribution is 8.18. The summed E-state index contributed by atoms with van der Waals surface area (Å²) in [5.74, 6) is 0.00767. The normalized spacial score (nSPS) is 14.7. The Balaban J connectivity index is 1.53. The largest absolute Gasteiger partial charge is 0.493 e. The number of carbonyl (C=O) groups excluding carboxylic acids is 2. The van der Waals surface area contributed by atoms with Crippen molar-refractivity contribution < 1.29 is 23.5 Å². The van der Waals surface area contributed by atoms with Crippen LogP contribution in [0.3, 0.4) is 0 Å². The van der Waals surface area contributed by atoms with E-state index in [1.165, 1.54) is 19.2 Å². The lowest BCUT2D eigenvalue weighted by Gasteiger charge is -2.14. The van der Waals surface area contributed by atoms with Gasteiger partial charge in [0, 0.05) is 0 Å². The summed E-state index contributed by atoms with van der Waals surface area (Å²) in [5.41, 5.74) is 3.38. The van der Waals surface area contributed by atoms with Gasteiger partial charge < -0.3 is 9.47 Å². The van der Waals surface area contributed by atoms with Gasteiger partial charge in [0.05, 0.1) is 23.6 Å². The van der Waals surface area contributed by atoms with Gasteiger partial charge >= 0.3 is 0 Å². The summed E-state index contributed by atoms with van der Waals surface area (Å²) in [6.45, 7) is 2.39. The number of carbonyl (C=O) groups is 2. The zero-order chi connectivity index (χ0) is 24.2. The molecule has 1 aliphatic heterocycles. The molecule has 2 amide bonds. The first-order valence-corrected chi connectivity index (χ1v) is 11.6. The summed E-state index contributed by atoms with van der Waals surface area (Å²) in [6.07, 6.45) is 1.59. The van der Waals surface area contributed by atoms with Crippen LogP contribution < -0.4 is 9.47 Å². The van der Waals surface area contributed by atoms with Gasteiger partial charge in [-0.1, -0.05) is 53.6 Å². The second-order valence-electron chi connectivity index (χ2n) is 7.71. The molecule has 0 saturated carbocycles. The molecule has 4 rings (SSSR count). The molecule has 0 spiro atoms. The number of imide groups is 1. The Morgan fingerprint density at radius 1 is 1.06 bits per heavy atom. The number of hydrogen-bond acceptors (Lipinski definition) is 5. The Labute approximate surface area is 206 Å². The predicted molar refractivity (Wildman–Crippen MR) is 131 cm³/mol. The number of nitrogens with zero attached hydrogens (tertiary/aromatic N) is 1. The van der Waals surface area contributed by atoms with Crippen LogP contribution in [0.5, 0.6) is 11.5 Å². The van der Waals surface area contributed by atoms with Crippen molar-refractivity contribution in [1.82, 2.24) is 4.90 Å². The molecule has 1 fully saturated rings. The number of halogens is 2. The van der Waals surface area contributed by atoms with Gasteiger partial charge in [-0.3, -0.25) is 14.5 Å². The van der Waals surface area contributed by atoms with E-state index in [4.69, 9.17) is 21.1 Å². The number of hydrogen-bond donors (Lipinski definition) is 0. The van der Waals surface area contributed by atoms with Crippen molar-refractivity contribution >= 4 is 40.6 Å². The van der Waals surface area contributed by atoms with Crippen LogP contribution in [0.1, 0.15) is 22.3 Å². The van der Waals surface area contributed by atoms with Crippen molar-refractivity contribution in [3.8, 4) is 11.5 Å². The second-order valence-corrected chi connectivity index (χ2v) is 9.11. The van der Waals surface area contributed by atoms with Gasteiger partial charge in [-0.15, -0.1) is 0 Å². The standard InChI is InChI=1S/C26H21ClFNO4S/c1-16-4-3-5-18(10-16)15-33-24-21(27)11-19(12-22(24)32-2)13-23-25(30)29(26(31)34-23)14-17-6-8-20(28)9-7-17/h3-13H,14-15H2,1-2H3/b23-13-. The number of rotatable bonds is 7. The average Bonchev–Trinajstić information content (AvgIpc) is 3.06. The van der Waals surface area contributed by atoms with E-state index < -0.39 is 11.1 Å². The van der Waals surface area contributed by atoms with Crippen molar-refractivity contribution in [2.75, 3.05) is 7.11 Å². The molecule has 8 heteroatoms. The van der Waals surface area contributed by atoms with Gasteiger partial charge in [0.2, 0.25) is 0 Å². The first kappa shape index (κ1) is 23.9.